The number of hydrogen-bond donors (Lipinski definition) is 1. The van der Waals surface area contributed by atoms with Crippen molar-refractivity contribution in [2.45, 2.75) is 44.8 Å². The van der Waals surface area contributed by atoms with E-state index in [9.17, 15) is 4.79 Å². The lowest BCUT2D eigenvalue weighted by Crippen LogP contribution is -2.45. The number of H-pyrrole nitrogens is 1. The third-order valence-electron chi connectivity index (χ3n) is 4.17. The van der Waals surface area contributed by atoms with Gasteiger partial charge >= 0.3 is 0 Å². The van der Waals surface area contributed by atoms with Crippen LogP contribution in [0.4, 0.5) is 0 Å². The Morgan fingerprint density at radius 3 is 3.05 bits per heavy atom. The average Bonchev–Trinajstić information content (AvgIpc) is 3.09. The molecule has 1 aromatic heterocycles. The molecule has 3 heterocycles. The summed E-state index contributed by atoms with van der Waals surface area (Å²) in [5.74, 6) is 1.22. The van der Waals surface area contributed by atoms with E-state index in [1.54, 1.807) is 0 Å². The molecule has 1 N–H and O–H groups in total. The fourth-order valence-corrected chi connectivity index (χ4v) is 3.03. The topological polar surface area (TPSA) is 71.1 Å². The minimum atomic E-state index is -0.275. The molecule has 0 bridgehead atoms. The first-order valence-electron chi connectivity index (χ1n) is 7.04. The first-order valence-corrected chi connectivity index (χ1v) is 7.04. The zero-order valence-corrected chi connectivity index (χ0v) is 11.2. The van der Waals surface area contributed by atoms with Crippen molar-refractivity contribution in [3.05, 3.63) is 12.2 Å². The number of amides is 1. The summed E-state index contributed by atoms with van der Waals surface area (Å²) in [6.07, 6.45) is 5.32. The van der Waals surface area contributed by atoms with Crippen LogP contribution in [-0.4, -0.2) is 45.2 Å². The van der Waals surface area contributed by atoms with E-state index >= 15 is 0 Å². The summed E-state index contributed by atoms with van der Waals surface area (Å²) in [5, 5.41) is 6.80. The zero-order chi connectivity index (χ0) is 13.2. The van der Waals surface area contributed by atoms with Gasteiger partial charge in [0.15, 0.2) is 0 Å². The molecule has 0 unspecified atom stereocenters. The minimum absolute atomic E-state index is 0.0279. The van der Waals surface area contributed by atoms with Crippen LogP contribution < -0.4 is 0 Å². The van der Waals surface area contributed by atoms with E-state index in [1.807, 2.05) is 4.90 Å². The summed E-state index contributed by atoms with van der Waals surface area (Å²) in [6.45, 7) is 3.57. The molecular weight excluding hydrogens is 244 g/mol. The van der Waals surface area contributed by atoms with Gasteiger partial charge in [0.2, 0.25) is 0 Å². The molecule has 1 aromatic rings. The first kappa shape index (κ1) is 12.6. The second-order valence-electron chi connectivity index (χ2n) is 5.47. The quantitative estimate of drug-likeness (QED) is 0.873. The lowest BCUT2D eigenvalue weighted by molar-refractivity contribution is -0.146. The van der Waals surface area contributed by atoms with Gasteiger partial charge in [-0.25, -0.2) is 4.98 Å². The van der Waals surface area contributed by atoms with E-state index in [0.717, 1.165) is 38.1 Å². The Balaban J connectivity index is 1.78. The normalized spacial score (nSPS) is 31.6. The van der Waals surface area contributed by atoms with Gasteiger partial charge in [0.25, 0.3) is 5.91 Å². The number of carbonyl (C=O) groups excluding carboxylic acids is 1. The Hall–Kier alpha value is -1.43. The summed E-state index contributed by atoms with van der Waals surface area (Å²) in [6, 6.07) is 0.0279. The molecule has 0 radical (unpaired) electrons. The minimum Gasteiger partial charge on any atom is -0.368 e. The number of rotatable bonds is 2. The molecule has 2 aliphatic rings. The van der Waals surface area contributed by atoms with Crippen LogP contribution in [0.2, 0.25) is 0 Å². The standard InChI is InChI=1S/C13H20N4O2/c1-9-5-7-19-11(9)13(18)17-6-3-2-4-10(17)12-14-8-15-16-12/h8-11H,2-7H2,1H3,(H,14,15,16)/t9-,10-,11+/m1/s1. The van der Waals surface area contributed by atoms with E-state index in [2.05, 4.69) is 22.1 Å². The van der Waals surface area contributed by atoms with Crippen molar-refractivity contribution in [3.63, 3.8) is 0 Å². The number of carbonyl (C=O) groups is 1. The van der Waals surface area contributed by atoms with E-state index < -0.39 is 0 Å². The van der Waals surface area contributed by atoms with Crippen molar-refractivity contribution in [2.75, 3.05) is 13.2 Å². The third-order valence-corrected chi connectivity index (χ3v) is 4.17. The summed E-state index contributed by atoms with van der Waals surface area (Å²) >= 11 is 0. The fraction of sp³-hybridized carbons (Fsp3) is 0.769. The Kier molecular flexibility index (Phi) is 3.50. The summed E-state index contributed by atoms with van der Waals surface area (Å²) in [4.78, 5) is 18.8. The predicted octanol–water partition coefficient (Wildman–Crippen LogP) is 1.28. The Labute approximate surface area is 112 Å². The number of nitrogens with one attached hydrogen (secondary N) is 1. The summed E-state index contributed by atoms with van der Waals surface area (Å²) in [5.41, 5.74) is 0. The summed E-state index contributed by atoms with van der Waals surface area (Å²) < 4.78 is 5.61. The SMILES string of the molecule is C[C@@H]1CCO[C@@H]1C(=O)N1CCCC[C@@H]1c1ncn[nH]1. The van der Waals surface area contributed by atoms with E-state index in [0.29, 0.717) is 12.5 Å². The van der Waals surface area contributed by atoms with Crippen LogP contribution in [0.5, 0.6) is 0 Å². The van der Waals surface area contributed by atoms with Gasteiger partial charge < -0.3 is 9.64 Å². The Morgan fingerprint density at radius 1 is 1.47 bits per heavy atom. The molecule has 6 nitrogen and oxygen atoms in total. The summed E-state index contributed by atoms with van der Waals surface area (Å²) in [7, 11) is 0. The lowest BCUT2D eigenvalue weighted by atomic mass is 9.97. The maximum atomic E-state index is 12.7. The Bertz CT molecular complexity index is 434. The van der Waals surface area contributed by atoms with Crippen LogP contribution in [0.25, 0.3) is 0 Å². The molecule has 0 spiro atoms. The van der Waals surface area contributed by atoms with E-state index in [-0.39, 0.29) is 18.1 Å². The van der Waals surface area contributed by atoms with E-state index in [1.165, 1.54) is 6.33 Å². The highest BCUT2D eigenvalue weighted by Crippen LogP contribution is 2.31. The van der Waals surface area contributed by atoms with Crippen LogP contribution in [0.1, 0.15) is 44.5 Å². The number of aromatic amines is 1. The molecule has 2 fully saturated rings. The molecule has 0 saturated carbocycles. The van der Waals surface area contributed by atoms with Crippen molar-refractivity contribution < 1.29 is 9.53 Å². The molecule has 2 saturated heterocycles. The number of hydrogen-bond acceptors (Lipinski definition) is 4. The van der Waals surface area contributed by atoms with Crippen molar-refractivity contribution in [2.24, 2.45) is 5.92 Å². The predicted molar refractivity (Wildman–Crippen MR) is 68.2 cm³/mol. The van der Waals surface area contributed by atoms with E-state index in [4.69, 9.17) is 4.74 Å². The van der Waals surface area contributed by atoms with Gasteiger partial charge in [-0.1, -0.05) is 6.92 Å². The molecule has 3 rings (SSSR count). The first-order chi connectivity index (χ1) is 9.27. The van der Waals surface area contributed by atoms with Crippen molar-refractivity contribution in [3.8, 4) is 0 Å². The highest BCUT2D eigenvalue weighted by Gasteiger charge is 2.38. The smallest absolute Gasteiger partial charge is 0.252 e. The van der Waals surface area contributed by atoms with Gasteiger partial charge in [-0.05, 0) is 31.6 Å². The maximum absolute atomic E-state index is 12.7. The van der Waals surface area contributed by atoms with Gasteiger partial charge in [0.05, 0.1) is 6.04 Å². The fourth-order valence-electron chi connectivity index (χ4n) is 3.03. The molecule has 6 heteroatoms. The average molecular weight is 264 g/mol. The van der Waals surface area contributed by atoms with Crippen LogP contribution in [0.15, 0.2) is 6.33 Å². The second-order valence-corrected chi connectivity index (χ2v) is 5.47. The van der Waals surface area contributed by atoms with Gasteiger partial charge in [-0.2, -0.15) is 5.10 Å². The molecule has 19 heavy (non-hydrogen) atoms. The maximum Gasteiger partial charge on any atom is 0.252 e. The Morgan fingerprint density at radius 2 is 2.37 bits per heavy atom. The number of aromatic nitrogens is 3. The molecular formula is C13H20N4O2. The number of ether oxygens (including phenoxy) is 1. The molecule has 3 atom stereocenters. The molecule has 2 aliphatic heterocycles. The number of nitrogens with zero attached hydrogens (tertiary/aromatic N) is 3. The lowest BCUT2D eigenvalue weighted by Gasteiger charge is -2.36. The van der Waals surface area contributed by atoms with Crippen molar-refractivity contribution in [1.29, 1.82) is 0 Å². The van der Waals surface area contributed by atoms with Gasteiger partial charge in [-0.3, -0.25) is 9.89 Å². The van der Waals surface area contributed by atoms with Gasteiger partial charge in [-0.15, -0.1) is 0 Å². The van der Waals surface area contributed by atoms with Gasteiger partial charge in [0.1, 0.15) is 18.3 Å². The zero-order valence-electron chi connectivity index (χ0n) is 11.2. The highest BCUT2D eigenvalue weighted by molar-refractivity contribution is 5.82. The number of piperidine rings is 1. The largest absolute Gasteiger partial charge is 0.368 e. The van der Waals surface area contributed by atoms with Crippen LogP contribution >= 0.6 is 0 Å². The molecule has 0 aliphatic carbocycles. The van der Waals surface area contributed by atoms with Crippen molar-refractivity contribution >= 4 is 5.91 Å². The van der Waals surface area contributed by atoms with Crippen LogP contribution in [-0.2, 0) is 9.53 Å². The van der Waals surface area contributed by atoms with Crippen LogP contribution in [0, 0.1) is 5.92 Å². The molecule has 1 amide bonds. The van der Waals surface area contributed by atoms with Gasteiger partial charge in [0, 0.05) is 13.2 Å². The molecule has 104 valence electrons. The van der Waals surface area contributed by atoms with Crippen molar-refractivity contribution in [1.82, 2.24) is 20.1 Å². The highest BCUT2D eigenvalue weighted by atomic mass is 16.5. The number of likely N-dealkylation sites (tertiary alicyclic amines) is 1. The second kappa shape index (κ2) is 5.28. The monoisotopic (exact) mass is 264 g/mol. The molecule has 0 aromatic carbocycles. The van der Waals surface area contributed by atoms with Crippen LogP contribution in [0.3, 0.4) is 0 Å². The third kappa shape index (κ3) is 2.36.